The van der Waals surface area contributed by atoms with E-state index in [4.69, 9.17) is 30.9 Å². The molecule has 2 heterocycles. The number of aliphatic hydroxyl groups excluding tert-OH is 4. The lowest BCUT2D eigenvalue weighted by atomic mass is 9.96. The first-order valence-electron chi connectivity index (χ1n) is 10.4. The molecular formula is C23H27ClO7. The Labute approximate surface area is 185 Å². The molecule has 2 aromatic carbocycles. The van der Waals surface area contributed by atoms with E-state index in [-0.39, 0.29) is 6.10 Å². The summed E-state index contributed by atoms with van der Waals surface area (Å²) in [5.41, 5.74) is 2.52. The smallest absolute Gasteiger partial charge is 0.124 e. The van der Waals surface area contributed by atoms with Crippen LogP contribution in [0, 0.1) is 0 Å². The highest BCUT2D eigenvalue weighted by atomic mass is 35.5. The molecule has 0 aromatic heterocycles. The molecule has 8 heteroatoms. The van der Waals surface area contributed by atoms with Crippen molar-refractivity contribution in [2.75, 3.05) is 19.8 Å². The van der Waals surface area contributed by atoms with Crippen LogP contribution in [0.1, 0.15) is 29.2 Å². The second-order valence-corrected chi connectivity index (χ2v) is 8.43. The van der Waals surface area contributed by atoms with Gasteiger partial charge in [-0.2, -0.15) is 0 Å². The summed E-state index contributed by atoms with van der Waals surface area (Å²) >= 11 is 6.40. The van der Waals surface area contributed by atoms with Gasteiger partial charge in [0.05, 0.1) is 19.8 Å². The van der Waals surface area contributed by atoms with E-state index in [2.05, 4.69) is 0 Å². The Hall–Kier alpha value is -1.71. The lowest BCUT2D eigenvalue weighted by molar-refractivity contribution is -0.0820. The second-order valence-electron chi connectivity index (χ2n) is 8.03. The van der Waals surface area contributed by atoms with Crippen molar-refractivity contribution in [2.24, 2.45) is 0 Å². The highest BCUT2D eigenvalue weighted by Gasteiger charge is 2.46. The van der Waals surface area contributed by atoms with Gasteiger partial charge >= 0.3 is 0 Å². The van der Waals surface area contributed by atoms with Crippen LogP contribution in [0.3, 0.4) is 0 Å². The Bertz CT molecular complexity index is 869. The summed E-state index contributed by atoms with van der Waals surface area (Å²) in [6.45, 7) is 0.776. The fourth-order valence-corrected chi connectivity index (χ4v) is 4.20. The molecule has 4 N–H and O–H groups in total. The molecule has 168 valence electrons. The van der Waals surface area contributed by atoms with Crippen molar-refractivity contribution in [1.82, 2.24) is 0 Å². The predicted molar refractivity (Wildman–Crippen MR) is 113 cm³/mol. The van der Waals surface area contributed by atoms with Gasteiger partial charge in [0.15, 0.2) is 0 Å². The third-order valence-corrected chi connectivity index (χ3v) is 6.14. The molecule has 0 saturated carbocycles. The van der Waals surface area contributed by atoms with Crippen LogP contribution in [0.15, 0.2) is 42.5 Å². The first-order chi connectivity index (χ1) is 15.0. The summed E-state index contributed by atoms with van der Waals surface area (Å²) in [7, 11) is 0. The van der Waals surface area contributed by atoms with Crippen LogP contribution in [0.25, 0.3) is 0 Å². The maximum absolute atomic E-state index is 10.4. The highest BCUT2D eigenvalue weighted by molar-refractivity contribution is 6.31. The summed E-state index contributed by atoms with van der Waals surface area (Å²) in [5, 5.41) is 40.1. The van der Waals surface area contributed by atoms with E-state index in [0.29, 0.717) is 23.6 Å². The molecule has 2 aromatic rings. The normalized spacial score (nSPS) is 29.3. The maximum atomic E-state index is 10.4. The Balaban J connectivity index is 1.47. The number of rotatable bonds is 7. The topological polar surface area (TPSA) is 109 Å². The zero-order valence-electron chi connectivity index (χ0n) is 16.9. The van der Waals surface area contributed by atoms with Crippen LogP contribution in [0.4, 0.5) is 0 Å². The Morgan fingerprint density at radius 2 is 1.87 bits per heavy atom. The number of hydrogen-bond donors (Lipinski definition) is 4. The van der Waals surface area contributed by atoms with E-state index in [1.807, 2.05) is 30.3 Å². The molecule has 31 heavy (non-hydrogen) atoms. The third kappa shape index (κ3) is 5.04. The summed E-state index contributed by atoms with van der Waals surface area (Å²) in [5.74, 6) is 0.795. The molecule has 2 fully saturated rings. The monoisotopic (exact) mass is 450 g/mol. The Morgan fingerprint density at radius 3 is 2.55 bits per heavy atom. The van der Waals surface area contributed by atoms with Gasteiger partial charge in [-0.15, -0.1) is 0 Å². The van der Waals surface area contributed by atoms with Gasteiger partial charge in [-0.05, 0) is 41.3 Å². The van der Waals surface area contributed by atoms with Crippen molar-refractivity contribution < 1.29 is 34.6 Å². The minimum absolute atomic E-state index is 0.0957. The van der Waals surface area contributed by atoms with Crippen LogP contribution in [0.2, 0.25) is 5.02 Å². The van der Waals surface area contributed by atoms with Gasteiger partial charge in [-0.25, -0.2) is 0 Å². The van der Waals surface area contributed by atoms with E-state index < -0.39 is 37.1 Å². The van der Waals surface area contributed by atoms with Crippen LogP contribution >= 0.6 is 11.6 Å². The molecule has 2 aliphatic heterocycles. The van der Waals surface area contributed by atoms with Crippen molar-refractivity contribution in [1.29, 1.82) is 0 Å². The van der Waals surface area contributed by atoms with E-state index in [9.17, 15) is 15.3 Å². The van der Waals surface area contributed by atoms with E-state index in [1.54, 1.807) is 12.1 Å². The first kappa shape index (κ1) is 22.5. The van der Waals surface area contributed by atoms with Crippen molar-refractivity contribution in [2.45, 2.75) is 49.5 Å². The quantitative estimate of drug-likeness (QED) is 0.507. The number of benzene rings is 2. The molecule has 0 spiro atoms. The molecule has 6 atom stereocenters. The van der Waals surface area contributed by atoms with E-state index in [1.165, 1.54) is 0 Å². The minimum Gasteiger partial charge on any atom is -0.488 e. The van der Waals surface area contributed by atoms with E-state index in [0.717, 1.165) is 29.9 Å². The third-order valence-electron chi connectivity index (χ3n) is 5.77. The Kier molecular flexibility index (Phi) is 7.13. The molecule has 0 amide bonds. The average molecular weight is 451 g/mol. The fourth-order valence-electron chi connectivity index (χ4n) is 4.01. The standard InChI is InChI=1S/C23H27ClO7/c24-18-6-3-14(22-20(27)21(28)23(31-22)19(26)11-25)10-15(18)9-13-1-4-16(5-2-13)30-17-7-8-29-12-17/h1-6,10,17,19-23,25-28H,7-9,11-12H2/t17-,19+,20-,21+,22?,23+/m0/s1. The number of hydrogen-bond acceptors (Lipinski definition) is 7. The lowest BCUT2D eigenvalue weighted by Gasteiger charge is -2.19. The van der Waals surface area contributed by atoms with Gasteiger partial charge in [0.2, 0.25) is 0 Å². The van der Waals surface area contributed by atoms with Crippen molar-refractivity contribution >= 4 is 11.6 Å². The molecular weight excluding hydrogens is 424 g/mol. The second kappa shape index (κ2) is 9.83. The first-order valence-corrected chi connectivity index (χ1v) is 10.8. The molecule has 2 saturated heterocycles. The van der Waals surface area contributed by atoms with Crippen molar-refractivity contribution in [3.8, 4) is 5.75 Å². The van der Waals surface area contributed by atoms with Gasteiger partial charge < -0.3 is 34.6 Å². The summed E-state index contributed by atoms with van der Waals surface area (Å²) in [6.07, 6.45) is -4.15. The SMILES string of the molecule is OC[C@@H](O)[C@H]1OC(c2ccc(Cl)c(Cc3ccc(O[C@H]4CCOC4)cc3)c2)[C@@H](O)[C@H]1O. The zero-order valence-corrected chi connectivity index (χ0v) is 17.7. The summed E-state index contributed by atoms with van der Waals surface area (Å²) in [4.78, 5) is 0. The molecule has 2 aliphatic rings. The van der Waals surface area contributed by atoms with Crippen LogP contribution in [-0.4, -0.2) is 70.8 Å². The van der Waals surface area contributed by atoms with Crippen molar-refractivity contribution in [3.05, 3.63) is 64.2 Å². The van der Waals surface area contributed by atoms with Crippen LogP contribution in [-0.2, 0) is 15.9 Å². The highest BCUT2D eigenvalue weighted by Crippen LogP contribution is 2.36. The van der Waals surface area contributed by atoms with Gasteiger partial charge in [-0.3, -0.25) is 0 Å². The van der Waals surface area contributed by atoms with Crippen molar-refractivity contribution in [3.63, 3.8) is 0 Å². The number of ether oxygens (including phenoxy) is 3. The van der Waals surface area contributed by atoms with Gasteiger partial charge in [0, 0.05) is 11.4 Å². The van der Waals surface area contributed by atoms with Crippen LogP contribution in [0.5, 0.6) is 5.75 Å². The van der Waals surface area contributed by atoms with Gasteiger partial charge in [0.25, 0.3) is 0 Å². The predicted octanol–water partition coefficient (Wildman–Crippen LogP) is 1.61. The molecule has 0 radical (unpaired) electrons. The zero-order chi connectivity index (χ0) is 22.0. The number of aliphatic hydroxyl groups is 4. The largest absolute Gasteiger partial charge is 0.488 e. The van der Waals surface area contributed by atoms with E-state index >= 15 is 0 Å². The summed E-state index contributed by atoms with van der Waals surface area (Å²) in [6, 6.07) is 13.1. The molecule has 0 aliphatic carbocycles. The molecule has 1 unspecified atom stereocenters. The van der Waals surface area contributed by atoms with Gasteiger partial charge in [0.1, 0.15) is 42.4 Å². The minimum atomic E-state index is -1.30. The number of halogens is 1. The molecule has 4 rings (SSSR count). The molecule has 0 bridgehead atoms. The average Bonchev–Trinajstić information content (AvgIpc) is 3.39. The summed E-state index contributed by atoms with van der Waals surface area (Å²) < 4.78 is 16.9. The Morgan fingerprint density at radius 1 is 1.10 bits per heavy atom. The lowest BCUT2D eigenvalue weighted by Crippen LogP contribution is -2.40. The van der Waals surface area contributed by atoms with Crippen LogP contribution < -0.4 is 4.74 Å². The van der Waals surface area contributed by atoms with Gasteiger partial charge in [-0.1, -0.05) is 35.9 Å². The molecule has 7 nitrogen and oxygen atoms in total. The fraction of sp³-hybridized carbons (Fsp3) is 0.478. The maximum Gasteiger partial charge on any atom is 0.124 e.